The molecule has 0 aromatic rings. The van der Waals surface area contributed by atoms with Crippen LogP contribution in [0.5, 0.6) is 0 Å². The van der Waals surface area contributed by atoms with Crippen molar-refractivity contribution in [1.82, 2.24) is 0 Å². The minimum Gasteiger partial charge on any atom is -1.00 e. The fourth-order valence-corrected chi connectivity index (χ4v) is 0. The van der Waals surface area contributed by atoms with Crippen LogP contribution in [-0.4, -0.2) is 22.5 Å². The third-order valence-electron chi connectivity index (χ3n) is 0. The third-order valence-corrected chi connectivity index (χ3v) is 0. The van der Waals surface area contributed by atoms with Gasteiger partial charge in [-0.1, -0.05) is 0 Å². The van der Waals surface area contributed by atoms with Crippen molar-refractivity contribution in [3.8, 4) is 0 Å². The monoisotopic (exact) mass is 106 g/mol. The largest absolute Gasteiger partial charge is 1.00 e. The summed E-state index contributed by atoms with van der Waals surface area (Å²) >= 11 is 0. The second-order valence-corrected chi connectivity index (χ2v) is 0.105. The maximum Gasteiger partial charge on any atom is 1.00 e. The quantitative estimate of drug-likeness (QED) is 0.247. The van der Waals surface area contributed by atoms with Crippen molar-refractivity contribution in [2.75, 3.05) is 0 Å². The zero-order valence-electron chi connectivity index (χ0n) is 4.43. The van der Waals surface area contributed by atoms with E-state index in [0.29, 0.717) is 0 Å². The predicted octanol–water partition coefficient (Wildman–Crippen LogP) is -4.83. The van der Waals surface area contributed by atoms with Gasteiger partial charge in [-0.15, -0.1) is 0 Å². The molecule has 0 unspecified atom stereocenters. The van der Waals surface area contributed by atoms with Crippen LogP contribution in [0.2, 0.25) is 0 Å². The van der Waals surface area contributed by atoms with Crippen LogP contribution in [0.4, 0.5) is 0 Å². The van der Waals surface area contributed by atoms with Crippen molar-refractivity contribution in [3.05, 3.63) is 0 Å². The van der Waals surface area contributed by atoms with Crippen LogP contribution >= 0.6 is 0 Å². The zero-order chi connectivity index (χ0) is 2.71. The van der Waals surface area contributed by atoms with Crippen LogP contribution in [0.1, 0.15) is 1.43 Å². The van der Waals surface area contributed by atoms with Crippen molar-refractivity contribution in [2.45, 2.75) is 0 Å². The summed E-state index contributed by atoms with van der Waals surface area (Å²) in [5.74, 6) is 0. The molecule has 6 heavy (non-hydrogen) atoms. The fourth-order valence-electron chi connectivity index (χ4n) is 0. The Bertz CT molecular complexity index is 19.2. The molecule has 0 aromatic heterocycles. The molecule has 0 fully saturated rings. The summed E-state index contributed by atoms with van der Waals surface area (Å²) in [6.45, 7) is -0.250. The summed E-state index contributed by atoms with van der Waals surface area (Å²) in [4.78, 5) is 8.36. The molecule has 0 amide bonds. The van der Waals surface area contributed by atoms with Crippen molar-refractivity contribution >= 4 is 6.47 Å². The first-order valence-corrected chi connectivity index (χ1v) is 0.494. The summed E-state index contributed by atoms with van der Waals surface area (Å²) in [6, 6.07) is 0. The molecule has 0 saturated heterocycles. The van der Waals surface area contributed by atoms with E-state index in [0.717, 1.165) is 0 Å². The Balaban J connectivity index is -0.00000000333. The number of carbonyl (C=O) groups is 1. The van der Waals surface area contributed by atoms with E-state index in [1.54, 1.807) is 0 Å². The molecule has 4 nitrogen and oxygen atoms in total. The van der Waals surface area contributed by atoms with E-state index in [2.05, 4.69) is 0 Å². The molecule has 36 valence electrons. The second-order valence-electron chi connectivity index (χ2n) is 0.105. The molecule has 0 radical (unpaired) electrons. The van der Waals surface area contributed by atoms with Gasteiger partial charge in [-0.3, -0.25) is 4.79 Å². The van der Waals surface area contributed by atoms with Crippen LogP contribution in [0.3, 0.4) is 0 Å². The molecule has 0 spiro atoms. The molecule has 0 rings (SSSR count). The van der Waals surface area contributed by atoms with Crippen LogP contribution < -0.4 is 29.6 Å². The Hall–Kier alpha value is 0.390. The maximum atomic E-state index is 8.36. The van der Waals surface area contributed by atoms with Gasteiger partial charge in [0.2, 0.25) is 0 Å². The van der Waals surface area contributed by atoms with E-state index in [1.807, 2.05) is 0 Å². The molecule has 0 aliphatic heterocycles. The average molecular weight is 106 g/mol. The molecule has 0 heterocycles. The van der Waals surface area contributed by atoms with Gasteiger partial charge < -0.3 is 17.5 Å². The Morgan fingerprint density at radius 3 is 1.50 bits per heavy atom. The first kappa shape index (κ1) is 32.5. The van der Waals surface area contributed by atoms with Gasteiger partial charge in [0.15, 0.2) is 0 Å². The summed E-state index contributed by atoms with van der Waals surface area (Å²) in [6.07, 6.45) is 0. The van der Waals surface area contributed by atoms with Gasteiger partial charge in [-0.05, 0) is 0 Å². The summed E-state index contributed by atoms with van der Waals surface area (Å²) in [5.41, 5.74) is 0. The zero-order valence-corrected chi connectivity index (χ0v) is 5.43. The molecule has 5 N–H and O–H groups in total. The Morgan fingerprint density at radius 2 is 1.50 bits per heavy atom. The SMILES string of the molecule is O.O.O=CO.[H-].[Na+]. The van der Waals surface area contributed by atoms with E-state index in [1.165, 1.54) is 0 Å². The topological polar surface area (TPSA) is 100 Å². The van der Waals surface area contributed by atoms with E-state index in [4.69, 9.17) is 9.90 Å². The third kappa shape index (κ3) is 332. The van der Waals surface area contributed by atoms with Gasteiger partial charge in [0.25, 0.3) is 6.47 Å². The van der Waals surface area contributed by atoms with E-state index in [-0.39, 0.29) is 48.4 Å². The Morgan fingerprint density at radius 1 is 1.50 bits per heavy atom. The van der Waals surface area contributed by atoms with Gasteiger partial charge in [0.05, 0.1) is 0 Å². The number of rotatable bonds is 0. The van der Waals surface area contributed by atoms with Crippen molar-refractivity contribution in [1.29, 1.82) is 0 Å². The minimum atomic E-state index is -0.250. The standard InChI is InChI=1S/CH2O2.Na.2H2O.H/c2-1-3;;;;/h1H,(H,2,3);;2*1H2;/q;+1;;;-1. The number of hydrogen-bond acceptors (Lipinski definition) is 1. The van der Waals surface area contributed by atoms with Crippen molar-refractivity contribution < 1.29 is 51.8 Å². The maximum absolute atomic E-state index is 8.36. The smallest absolute Gasteiger partial charge is 1.00 e. The molecule has 0 aromatic carbocycles. The van der Waals surface area contributed by atoms with Crippen LogP contribution in [0.15, 0.2) is 0 Å². The Labute approximate surface area is 58.6 Å². The fraction of sp³-hybridized carbons (Fsp3) is 0. The van der Waals surface area contributed by atoms with Gasteiger partial charge >= 0.3 is 29.6 Å². The minimum absolute atomic E-state index is 0. The second kappa shape index (κ2) is 53.8. The molecule has 0 saturated carbocycles. The van der Waals surface area contributed by atoms with Gasteiger partial charge in [-0.25, -0.2) is 0 Å². The van der Waals surface area contributed by atoms with E-state index >= 15 is 0 Å². The van der Waals surface area contributed by atoms with Gasteiger partial charge in [0, 0.05) is 0 Å². The Kier molecular flexibility index (Phi) is 291. The van der Waals surface area contributed by atoms with Crippen LogP contribution in [-0.2, 0) is 4.79 Å². The molecule has 0 bridgehead atoms. The average Bonchev–Trinajstić information content (AvgIpc) is 0.918. The first-order valence-electron chi connectivity index (χ1n) is 0.494. The van der Waals surface area contributed by atoms with E-state index < -0.39 is 0 Å². The number of carboxylic acid groups (broad SMARTS) is 1. The van der Waals surface area contributed by atoms with Crippen molar-refractivity contribution in [2.24, 2.45) is 0 Å². The van der Waals surface area contributed by atoms with Crippen molar-refractivity contribution in [3.63, 3.8) is 0 Å². The molecular weight excluding hydrogens is 99.0 g/mol. The summed E-state index contributed by atoms with van der Waals surface area (Å²) in [5, 5.41) is 6.89. The molecule has 0 atom stereocenters. The molecule has 0 aliphatic carbocycles. The number of hydrogen-bond donors (Lipinski definition) is 1. The molecule has 5 heteroatoms. The predicted molar refractivity (Wildman–Crippen MR) is 17.0 cm³/mol. The molecule has 0 aliphatic rings. The normalized spacial score (nSPS) is 2.00. The van der Waals surface area contributed by atoms with Gasteiger partial charge in [-0.2, -0.15) is 0 Å². The first-order chi connectivity index (χ1) is 1.41. The molecular formula is CH7NaO4. The van der Waals surface area contributed by atoms with Crippen LogP contribution in [0.25, 0.3) is 0 Å². The summed E-state index contributed by atoms with van der Waals surface area (Å²) < 4.78 is 0. The van der Waals surface area contributed by atoms with E-state index in [9.17, 15) is 0 Å². The van der Waals surface area contributed by atoms with Crippen LogP contribution in [0, 0.1) is 0 Å². The summed E-state index contributed by atoms with van der Waals surface area (Å²) in [7, 11) is 0. The van der Waals surface area contributed by atoms with Gasteiger partial charge in [0.1, 0.15) is 0 Å².